The molecule has 3 nitrogen and oxygen atoms in total. The highest BCUT2D eigenvalue weighted by molar-refractivity contribution is 7.80. The van der Waals surface area contributed by atoms with Gasteiger partial charge in [0.2, 0.25) is 0 Å². The Labute approximate surface area is 109 Å². The summed E-state index contributed by atoms with van der Waals surface area (Å²) in [7, 11) is 1.68. The Balaban J connectivity index is 2.28. The lowest BCUT2D eigenvalue weighted by molar-refractivity contribution is 0.414. The van der Waals surface area contributed by atoms with Crippen LogP contribution in [-0.2, 0) is 6.42 Å². The van der Waals surface area contributed by atoms with Crippen LogP contribution in [0.15, 0.2) is 24.3 Å². The molecule has 17 heavy (non-hydrogen) atoms. The van der Waals surface area contributed by atoms with Crippen molar-refractivity contribution in [2.24, 2.45) is 0 Å². The number of hydrogen-bond acceptors (Lipinski definition) is 2. The number of methoxy groups -OCH3 is 1. The molecule has 0 unspecified atom stereocenters. The van der Waals surface area contributed by atoms with E-state index in [-0.39, 0.29) is 0 Å². The molecular weight excluding hydrogens is 232 g/mol. The quantitative estimate of drug-likeness (QED) is 0.760. The van der Waals surface area contributed by atoms with Crippen molar-refractivity contribution >= 4 is 17.3 Å². The van der Waals surface area contributed by atoms with Gasteiger partial charge in [0.15, 0.2) is 5.11 Å². The van der Waals surface area contributed by atoms with Crippen LogP contribution in [0.3, 0.4) is 0 Å². The number of rotatable bonds is 6. The van der Waals surface area contributed by atoms with Gasteiger partial charge in [0.25, 0.3) is 0 Å². The van der Waals surface area contributed by atoms with Crippen LogP contribution in [0.2, 0.25) is 0 Å². The molecule has 0 radical (unpaired) electrons. The standard InChI is InChI=1S/C13H20N2OS/c1-3-8-14-13(17)15-9-7-11-5-4-6-12(10-11)16-2/h4-6,10H,3,7-9H2,1-2H3,(H2,14,15,17). The third kappa shape index (κ3) is 5.54. The van der Waals surface area contributed by atoms with Gasteiger partial charge in [-0.2, -0.15) is 0 Å². The van der Waals surface area contributed by atoms with Crippen molar-refractivity contribution in [3.63, 3.8) is 0 Å². The lowest BCUT2D eigenvalue weighted by atomic mass is 10.1. The second-order valence-corrected chi connectivity index (χ2v) is 4.19. The Kier molecular flexibility index (Phi) is 6.40. The van der Waals surface area contributed by atoms with Crippen molar-refractivity contribution in [1.82, 2.24) is 10.6 Å². The SMILES string of the molecule is CCCNC(=S)NCCc1cccc(OC)c1. The van der Waals surface area contributed by atoms with Crippen LogP contribution < -0.4 is 15.4 Å². The summed E-state index contributed by atoms with van der Waals surface area (Å²) in [5.41, 5.74) is 1.25. The summed E-state index contributed by atoms with van der Waals surface area (Å²) in [6, 6.07) is 8.09. The number of ether oxygens (including phenoxy) is 1. The van der Waals surface area contributed by atoms with E-state index in [0.717, 1.165) is 36.8 Å². The predicted octanol–water partition coefficient (Wildman–Crippen LogP) is 2.11. The fourth-order valence-corrected chi connectivity index (χ4v) is 1.65. The largest absolute Gasteiger partial charge is 0.497 e. The summed E-state index contributed by atoms with van der Waals surface area (Å²) in [6.07, 6.45) is 2.02. The molecule has 0 aliphatic heterocycles. The number of nitrogens with one attached hydrogen (secondary N) is 2. The van der Waals surface area contributed by atoms with Crippen LogP contribution in [-0.4, -0.2) is 25.3 Å². The Hall–Kier alpha value is -1.29. The number of hydrogen-bond donors (Lipinski definition) is 2. The van der Waals surface area contributed by atoms with E-state index < -0.39 is 0 Å². The lowest BCUT2D eigenvalue weighted by Crippen LogP contribution is -2.36. The van der Waals surface area contributed by atoms with Crippen molar-refractivity contribution in [3.05, 3.63) is 29.8 Å². The summed E-state index contributed by atoms with van der Waals surface area (Å²) in [5.74, 6) is 0.897. The zero-order chi connectivity index (χ0) is 12.5. The lowest BCUT2D eigenvalue weighted by Gasteiger charge is -2.09. The van der Waals surface area contributed by atoms with E-state index in [0.29, 0.717) is 0 Å². The maximum atomic E-state index is 5.18. The van der Waals surface area contributed by atoms with Gasteiger partial charge in [0.1, 0.15) is 5.75 Å². The van der Waals surface area contributed by atoms with Crippen molar-refractivity contribution in [2.75, 3.05) is 20.2 Å². The average molecular weight is 252 g/mol. The minimum absolute atomic E-state index is 0.731. The van der Waals surface area contributed by atoms with E-state index in [1.165, 1.54) is 5.56 Å². The number of thiocarbonyl (C=S) groups is 1. The molecule has 94 valence electrons. The summed E-state index contributed by atoms with van der Waals surface area (Å²) in [6.45, 7) is 3.87. The zero-order valence-corrected chi connectivity index (χ0v) is 11.3. The van der Waals surface area contributed by atoms with Crippen LogP contribution in [0.4, 0.5) is 0 Å². The molecule has 0 atom stereocenters. The van der Waals surface area contributed by atoms with Gasteiger partial charge in [0, 0.05) is 13.1 Å². The molecule has 0 aromatic heterocycles. The van der Waals surface area contributed by atoms with Gasteiger partial charge in [0.05, 0.1) is 7.11 Å². The third-order valence-corrected chi connectivity index (χ3v) is 2.66. The second-order valence-electron chi connectivity index (χ2n) is 3.78. The minimum atomic E-state index is 0.731. The van der Waals surface area contributed by atoms with Crippen molar-refractivity contribution in [3.8, 4) is 5.75 Å². The summed E-state index contributed by atoms with van der Waals surface area (Å²) >= 11 is 5.14. The fraction of sp³-hybridized carbons (Fsp3) is 0.462. The zero-order valence-electron chi connectivity index (χ0n) is 10.5. The molecular formula is C13H20N2OS. The molecule has 0 saturated carbocycles. The molecule has 1 aromatic carbocycles. The van der Waals surface area contributed by atoms with E-state index in [1.54, 1.807) is 7.11 Å². The van der Waals surface area contributed by atoms with Crippen LogP contribution >= 0.6 is 12.2 Å². The highest BCUT2D eigenvalue weighted by Gasteiger charge is 1.97. The maximum absolute atomic E-state index is 5.18. The van der Waals surface area contributed by atoms with E-state index in [9.17, 15) is 0 Å². The van der Waals surface area contributed by atoms with Gasteiger partial charge in [-0.25, -0.2) is 0 Å². The normalized spacial score (nSPS) is 9.76. The highest BCUT2D eigenvalue weighted by atomic mass is 32.1. The summed E-state index contributed by atoms with van der Waals surface area (Å²) < 4.78 is 5.18. The van der Waals surface area contributed by atoms with Gasteiger partial charge in [-0.05, 0) is 42.8 Å². The van der Waals surface area contributed by atoms with Crippen molar-refractivity contribution in [2.45, 2.75) is 19.8 Å². The molecule has 0 fully saturated rings. The Morgan fingerprint density at radius 2 is 2.06 bits per heavy atom. The number of benzene rings is 1. The molecule has 0 aliphatic rings. The third-order valence-electron chi connectivity index (χ3n) is 2.37. The van der Waals surface area contributed by atoms with E-state index >= 15 is 0 Å². The molecule has 1 aromatic rings. The monoisotopic (exact) mass is 252 g/mol. The Bertz CT molecular complexity index is 355. The van der Waals surface area contributed by atoms with Crippen LogP contribution in [0, 0.1) is 0 Å². The van der Waals surface area contributed by atoms with E-state index in [4.69, 9.17) is 17.0 Å². The van der Waals surface area contributed by atoms with E-state index in [2.05, 4.69) is 23.6 Å². The van der Waals surface area contributed by atoms with Gasteiger partial charge >= 0.3 is 0 Å². The molecule has 4 heteroatoms. The fourth-order valence-electron chi connectivity index (χ4n) is 1.45. The topological polar surface area (TPSA) is 33.3 Å². The van der Waals surface area contributed by atoms with Gasteiger partial charge < -0.3 is 15.4 Å². The Morgan fingerprint density at radius 3 is 2.76 bits per heavy atom. The van der Waals surface area contributed by atoms with Crippen LogP contribution in [0.25, 0.3) is 0 Å². The summed E-state index contributed by atoms with van der Waals surface area (Å²) in [5, 5.41) is 7.05. The first-order valence-electron chi connectivity index (χ1n) is 5.91. The first-order chi connectivity index (χ1) is 8.26. The maximum Gasteiger partial charge on any atom is 0.166 e. The van der Waals surface area contributed by atoms with Gasteiger partial charge in [-0.15, -0.1) is 0 Å². The first kappa shape index (κ1) is 13.8. The molecule has 0 bridgehead atoms. The molecule has 0 saturated heterocycles. The minimum Gasteiger partial charge on any atom is -0.497 e. The van der Waals surface area contributed by atoms with Crippen molar-refractivity contribution in [1.29, 1.82) is 0 Å². The highest BCUT2D eigenvalue weighted by Crippen LogP contribution is 2.12. The van der Waals surface area contributed by atoms with Gasteiger partial charge in [-0.3, -0.25) is 0 Å². The van der Waals surface area contributed by atoms with Crippen LogP contribution in [0.5, 0.6) is 5.75 Å². The van der Waals surface area contributed by atoms with E-state index in [1.807, 2.05) is 18.2 Å². The summed E-state index contributed by atoms with van der Waals surface area (Å²) in [4.78, 5) is 0. The molecule has 0 aliphatic carbocycles. The molecule has 0 amide bonds. The van der Waals surface area contributed by atoms with Gasteiger partial charge in [-0.1, -0.05) is 19.1 Å². The predicted molar refractivity (Wildman–Crippen MR) is 75.6 cm³/mol. The molecule has 0 spiro atoms. The van der Waals surface area contributed by atoms with Crippen LogP contribution in [0.1, 0.15) is 18.9 Å². The Morgan fingerprint density at radius 1 is 1.29 bits per heavy atom. The molecule has 0 heterocycles. The second kappa shape index (κ2) is 7.90. The average Bonchev–Trinajstić information content (AvgIpc) is 2.36. The van der Waals surface area contributed by atoms with Crippen molar-refractivity contribution < 1.29 is 4.74 Å². The molecule has 2 N–H and O–H groups in total. The molecule has 1 rings (SSSR count). The smallest absolute Gasteiger partial charge is 0.166 e. The first-order valence-corrected chi connectivity index (χ1v) is 6.31.